The first kappa shape index (κ1) is 23.7. The van der Waals surface area contributed by atoms with Crippen LogP contribution in [0.4, 0.5) is 0 Å². The standard InChI is InChI=1S/C24H32N4O4S/c1-18-6-8-20(9-7-18)10-11-22-23(19(2)25-32-22)33(30,31)28-12-4-5-21(17-28)24(29)27-15-13-26(3)14-16-27/h6-11,21H,4-5,12-17H2,1-3H3. The number of sulfonamides is 1. The molecule has 2 aromatic rings. The lowest BCUT2D eigenvalue weighted by Crippen LogP contribution is -2.52. The number of hydrogen-bond acceptors (Lipinski definition) is 6. The Bertz CT molecular complexity index is 1120. The van der Waals surface area contributed by atoms with Gasteiger partial charge in [-0.15, -0.1) is 0 Å². The van der Waals surface area contributed by atoms with Crippen LogP contribution in [-0.2, 0) is 14.8 Å². The maximum absolute atomic E-state index is 13.6. The van der Waals surface area contributed by atoms with Gasteiger partial charge in [0, 0.05) is 39.3 Å². The average molecular weight is 473 g/mol. The van der Waals surface area contributed by atoms with Crippen molar-refractivity contribution < 1.29 is 17.7 Å². The Morgan fingerprint density at radius 1 is 1.06 bits per heavy atom. The highest BCUT2D eigenvalue weighted by molar-refractivity contribution is 7.89. The minimum Gasteiger partial charge on any atom is -0.355 e. The van der Waals surface area contributed by atoms with E-state index >= 15 is 0 Å². The molecule has 1 aromatic heterocycles. The molecular weight excluding hydrogens is 440 g/mol. The summed E-state index contributed by atoms with van der Waals surface area (Å²) in [5, 5.41) is 3.93. The predicted octanol–water partition coefficient (Wildman–Crippen LogP) is 2.64. The third-order valence-electron chi connectivity index (χ3n) is 6.48. The molecule has 33 heavy (non-hydrogen) atoms. The maximum atomic E-state index is 13.6. The molecule has 178 valence electrons. The summed E-state index contributed by atoms with van der Waals surface area (Å²) in [6.45, 7) is 7.30. The molecular formula is C24H32N4O4S. The van der Waals surface area contributed by atoms with Gasteiger partial charge in [0.25, 0.3) is 0 Å². The van der Waals surface area contributed by atoms with Gasteiger partial charge in [0.05, 0.1) is 5.92 Å². The van der Waals surface area contributed by atoms with E-state index in [9.17, 15) is 13.2 Å². The van der Waals surface area contributed by atoms with Gasteiger partial charge in [0.2, 0.25) is 15.9 Å². The van der Waals surface area contributed by atoms with Crippen LogP contribution in [0, 0.1) is 19.8 Å². The summed E-state index contributed by atoms with van der Waals surface area (Å²) in [4.78, 5) is 17.2. The molecule has 8 nitrogen and oxygen atoms in total. The Labute approximate surface area is 195 Å². The first-order valence-corrected chi connectivity index (χ1v) is 12.9. The number of aryl methyl sites for hydroxylation is 2. The summed E-state index contributed by atoms with van der Waals surface area (Å²) in [5.74, 6) is -0.0474. The summed E-state index contributed by atoms with van der Waals surface area (Å²) in [6, 6.07) is 7.91. The van der Waals surface area contributed by atoms with Gasteiger partial charge in [-0.25, -0.2) is 8.42 Å². The molecule has 0 N–H and O–H groups in total. The lowest BCUT2D eigenvalue weighted by atomic mass is 9.98. The van der Waals surface area contributed by atoms with Gasteiger partial charge in [-0.3, -0.25) is 4.79 Å². The summed E-state index contributed by atoms with van der Waals surface area (Å²) >= 11 is 0. The third-order valence-corrected chi connectivity index (χ3v) is 8.51. The Morgan fingerprint density at radius 2 is 1.76 bits per heavy atom. The predicted molar refractivity (Wildman–Crippen MR) is 127 cm³/mol. The molecule has 2 aliphatic rings. The number of carbonyl (C=O) groups excluding carboxylic acids is 1. The van der Waals surface area contributed by atoms with E-state index in [1.165, 1.54) is 4.31 Å². The number of aromatic nitrogens is 1. The molecule has 1 unspecified atom stereocenters. The second-order valence-corrected chi connectivity index (χ2v) is 10.9. The summed E-state index contributed by atoms with van der Waals surface area (Å²) < 4.78 is 34.0. The zero-order valence-electron chi connectivity index (χ0n) is 19.5. The van der Waals surface area contributed by atoms with Gasteiger partial charge in [-0.2, -0.15) is 4.31 Å². The normalized spacial score (nSPS) is 21.1. The van der Waals surface area contributed by atoms with Crippen LogP contribution in [0.15, 0.2) is 33.7 Å². The Morgan fingerprint density at radius 3 is 2.45 bits per heavy atom. The van der Waals surface area contributed by atoms with Gasteiger partial charge in [0.15, 0.2) is 10.7 Å². The van der Waals surface area contributed by atoms with E-state index in [0.29, 0.717) is 38.2 Å². The lowest BCUT2D eigenvalue weighted by Gasteiger charge is -2.37. The average Bonchev–Trinajstić information content (AvgIpc) is 3.20. The summed E-state index contributed by atoms with van der Waals surface area (Å²) in [6.07, 6.45) is 4.82. The number of amides is 1. The van der Waals surface area contributed by atoms with Gasteiger partial charge >= 0.3 is 0 Å². The number of piperazine rings is 1. The van der Waals surface area contributed by atoms with Crippen molar-refractivity contribution in [3.05, 3.63) is 46.8 Å². The fraction of sp³-hybridized carbons (Fsp3) is 0.500. The molecule has 2 aliphatic heterocycles. The second kappa shape index (κ2) is 9.79. The molecule has 1 atom stereocenters. The Balaban J connectivity index is 1.52. The zero-order chi connectivity index (χ0) is 23.6. The SMILES string of the molecule is Cc1ccc(C=Cc2onc(C)c2S(=O)(=O)N2CCCC(C(=O)N3CCN(C)CC3)C2)cc1. The lowest BCUT2D eigenvalue weighted by molar-refractivity contribution is -0.138. The molecule has 4 rings (SSSR count). The monoisotopic (exact) mass is 472 g/mol. The number of piperidine rings is 1. The molecule has 0 aliphatic carbocycles. The summed E-state index contributed by atoms with van der Waals surface area (Å²) in [7, 11) is -1.81. The first-order valence-electron chi connectivity index (χ1n) is 11.4. The molecule has 2 saturated heterocycles. The van der Waals surface area contributed by atoms with E-state index in [1.54, 1.807) is 13.0 Å². The maximum Gasteiger partial charge on any atom is 0.248 e. The molecule has 9 heteroatoms. The molecule has 0 saturated carbocycles. The largest absolute Gasteiger partial charge is 0.355 e. The van der Waals surface area contributed by atoms with E-state index in [0.717, 1.165) is 24.2 Å². The molecule has 2 fully saturated rings. The molecule has 1 aromatic carbocycles. The number of likely N-dealkylation sites (N-methyl/N-ethyl adjacent to an activating group) is 1. The minimum absolute atomic E-state index is 0.0598. The minimum atomic E-state index is -3.85. The number of benzene rings is 1. The highest BCUT2D eigenvalue weighted by Crippen LogP contribution is 2.30. The van der Waals surface area contributed by atoms with Gasteiger partial charge < -0.3 is 14.3 Å². The van der Waals surface area contributed by atoms with Gasteiger partial charge in [-0.1, -0.05) is 41.1 Å². The fourth-order valence-corrected chi connectivity index (χ4v) is 6.20. The number of hydrogen-bond donors (Lipinski definition) is 0. The van der Waals surface area contributed by atoms with Crippen LogP contribution in [0.3, 0.4) is 0 Å². The quantitative estimate of drug-likeness (QED) is 0.665. The van der Waals surface area contributed by atoms with Crippen LogP contribution < -0.4 is 0 Å². The number of carbonyl (C=O) groups is 1. The van der Waals surface area contributed by atoms with Gasteiger partial charge in [0.1, 0.15) is 5.69 Å². The Kier molecular flexibility index (Phi) is 7.02. The van der Waals surface area contributed by atoms with Crippen molar-refractivity contribution in [2.75, 3.05) is 46.3 Å². The molecule has 0 radical (unpaired) electrons. The van der Waals surface area contributed by atoms with E-state index in [-0.39, 0.29) is 29.0 Å². The smallest absolute Gasteiger partial charge is 0.248 e. The van der Waals surface area contributed by atoms with Crippen LogP contribution in [0.2, 0.25) is 0 Å². The van der Waals surface area contributed by atoms with Crippen LogP contribution in [0.5, 0.6) is 0 Å². The van der Waals surface area contributed by atoms with Crippen molar-refractivity contribution in [2.45, 2.75) is 31.6 Å². The second-order valence-electron chi connectivity index (χ2n) is 9.04. The van der Waals surface area contributed by atoms with E-state index in [4.69, 9.17) is 4.52 Å². The van der Waals surface area contributed by atoms with Crippen molar-refractivity contribution in [1.82, 2.24) is 19.3 Å². The van der Waals surface area contributed by atoms with Crippen LogP contribution in [0.25, 0.3) is 12.2 Å². The fourth-order valence-electron chi connectivity index (χ4n) is 4.42. The Hall–Kier alpha value is -2.49. The van der Waals surface area contributed by atoms with Gasteiger partial charge in [-0.05, 0) is 45.4 Å². The molecule has 0 bridgehead atoms. The van der Waals surface area contributed by atoms with Crippen LogP contribution in [0.1, 0.15) is 35.4 Å². The van der Waals surface area contributed by atoms with Crippen molar-refractivity contribution in [2.24, 2.45) is 5.92 Å². The molecule has 3 heterocycles. The highest BCUT2D eigenvalue weighted by atomic mass is 32.2. The van der Waals surface area contributed by atoms with Crippen LogP contribution in [-0.4, -0.2) is 79.9 Å². The highest BCUT2D eigenvalue weighted by Gasteiger charge is 2.38. The summed E-state index contributed by atoms with van der Waals surface area (Å²) in [5.41, 5.74) is 2.41. The topological polar surface area (TPSA) is 87.0 Å². The van der Waals surface area contributed by atoms with Crippen molar-refractivity contribution >= 4 is 28.1 Å². The van der Waals surface area contributed by atoms with Crippen molar-refractivity contribution in [1.29, 1.82) is 0 Å². The van der Waals surface area contributed by atoms with Crippen molar-refractivity contribution in [3.63, 3.8) is 0 Å². The molecule has 0 spiro atoms. The number of nitrogens with zero attached hydrogens (tertiary/aromatic N) is 4. The number of rotatable bonds is 5. The van der Waals surface area contributed by atoms with E-state index in [2.05, 4.69) is 10.1 Å². The zero-order valence-corrected chi connectivity index (χ0v) is 20.3. The van der Waals surface area contributed by atoms with E-state index < -0.39 is 10.0 Å². The van der Waals surface area contributed by atoms with Crippen LogP contribution >= 0.6 is 0 Å². The molecule has 1 amide bonds. The first-order chi connectivity index (χ1) is 15.8. The van der Waals surface area contributed by atoms with E-state index in [1.807, 2.05) is 49.2 Å². The third kappa shape index (κ3) is 5.20. The van der Waals surface area contributed by atoms with Crippen molar-refractivity contribution in [3.8, 4) is 0 Å².